The van der Waals surface area contributed by atoms with Gasteiger partial charge in [-0.1, -0.05) is 5.21 Å². The number of carbonyl (C=O) groups excluding carboxylic acids is 1. The van der Waals surface area contributed by atoms with Gasteiger partial charge in [0.1, 0.15) is 0 Å². The first kappa shape index (κ1) is 13.6. The molecular weight excluding hydrogens is 228 g/mol. The first-order chi connectivity index (χ1) is 8.20. The second kappa shape index (κ2) is 6.94. The third kappa shape index (κ3) is 3.77. The van der Waals surface area contributed by atoms with E-state index in [4.69, 9.17) is 20.3 Å². The molecule has 0 aliphatic heterocycles. The van der Waals surface area contributed by atoms with Gasteiger partial charge >= 0.3 is 0 Å². The molecule has 0 spiro atoms. The van der Waals surface area contributed by atoms with Crippen molar-refractivity contribution in [2.75, 3.05) is 26.9 Å². The Morgan fingerprint density at radius 1 is 1.53 bits per heavy atom. The fourth-order valence-corrected chi connectivity index (χ4v) is 1.30. The molecule has 17 heavy (non-hydrogen) atoms. The summed E-state index contributed by atoms with van der Waals surface area (Å²) in [5.74, 6) is -0.639. The summed E-state index contributed by atoms with van der Waals surface area (Å²) in [6.45, 7) is 1.20. The van der Waals surface area contributed by atoms with Gasteiger partial charge in [-0.3, -0.25) is 4.79 Å². The minimum Gasteiger partial charge on any atom is -0.394 e. The zero-order chi connectivity index (χ0) is 12.7. The topological polar surface area (TPSA) is 112 Å². The van der Waals surface area contributed by atoms with E-state index in [1.807, 2.05) is 0 Å². The van der Waals surface area contributed by atoms with Crippen LogP contribution in [0.5, 0.6) is 0 Å². The number of amides is 1. The van der Waals surface area contributed by atoms with Gasteiger partial charge in [-0.05, 0) is 0 Å². The van der Waals surface area contributed by atoms with Crippen LogP contribution in [0.3, 0.4) is 0 Å². The zero-order valence-corrected chi connectivity index (χ0v) is 9.63. The van der Waals surface area contributed by atoms with E-state index < -0.39 is 5.91 Å². The van der Waals surface area contributed by atoms with Gasteiger partial charge in [0, 0.05) is 7.11 Å². The first-order valence-electron chi connectivity index (χ1n) is 5.10. The molecule has 0 aromatic carbocycles. The molecular formula is C9H16N4O4. The summed E-state index contributed by atoms with van der Waals surface area (Å²) in [4.78, 5) is 11.1. The third-order valence-electron chi connectivity index (χ3n) is 2.04. The summed E-state index contributed by atoms with van der Waals surface area (Å²) >= 11 is 0. The molecule has 0 aliphatic rings. The molecule has 1 heterocycles. The molecule has 0 atom stereocenters. The monoisotopic (exact) mass is 244 g/mol. The Morgan fingerprint density at radius 3 is 2.88 bits per heavy atom. The predicted octanol–water partition coefficient (Wildman–Crippen LogP) is -1.47. The number of primary amides is 1. The highest BCUT2D eigenvalue weighted by atomic mass is 16.5. The standard InChI is InChI=1S/C9H16N4O4/c1-16-6-7-8(9(10)15)11-12-13(7)2-4-17-5-3-14/h14H,2-6H2,1H3,(H2,10,15). The maximum Gasteiger partial charge on any atom is 0.271 e. The lowest BCUT2D eigenvalue weighted by Crippen LogP contribution is -2.17. The van der Waals surface area contributed by atoms with Crippen LogP contribution in [0.1, 0.15) is 16.2 Å². The van der Waals surface area contributed by atoms with Crippen molar-refractivity contribution in [1.29, 1.82) is 0 Å². The lowest BCUT2D eigenvalue weighted by molar-refractivity contribution is 0.0832. The Labute approximate surface area is 98.3 Å². The lowest BCUT2D eigenvalue weighted by Gasteiger charge is -2.06. The first-order valence-corrected chi connectivity index (χ1v) is 5.10. The van der Waals surface area contributed by atoms with E-state index in [1.54, 1.807) is 0 Å². The van der Waals surface area contributed by atoms with E-state index in [2.05, 4.69) is 10.3 Å². The van der Waals surface area contributed by atoms with Gasteiger partial charge in [-0.2, -0.15) is 0 Å². The number of rotatable bonds is 8. The van der Waals surface area contributed by atoms with Crippen LogP contribution in [0.2, 0.25) is 0 Å². The minimum atomic E-state index is -0.639. The van der Waals surface area contributed by atoms with Gasteiger partial charge in [-0.15, -0.1) is 5.10 Å². The van der Waals surface area contributed by atoms with E-state index in [-0.39, 0.29) is 25.5 Å². The number of carbonyl (C=O) groups is 1. The summed E-state index contributed by atoms with van der Waals surface area (Å²) in [6, 6.07) is 0. The van der Waals surface area contributed by atoms with E-state index >= 15 is 0 Å². The van der Waals surface area contributed by atoms with Gasteiger partial charge in [0.25, 0.3) is 5.91 Å². The Morgan fingerprint density at radius 2 is 2.29 bits per heavy atom. The number of methoxy groups -OCH3 is 1. The lowest BCUT2D eigenvalue weighted by atomic mass is 10.3. The number of aliphatic hydroxyl groups excluding tert-OH is 1. The number of hydrogen-bond acceptors (Lipinski definition) is 6. The normalized spacial score (nSPS) is 10.7. The maximum atomic E-state index is 11.1. The number of nitrogens with zero attached hydrogens (tertiary/aromatic N) is 3. The van der Waals surface area contributed by atoms with Crippen LogP contribution in [0.25, 0.3) is 0 Å². The SMILES string of the molecule is COCc1c(C(N)=O)nnn1CCOCCO. The third-order valence-corrected chi connectivity index (χ3v) is 2.04. The number of nitrogens with two attached hydrogens (primary N) is 1. The van der Waals surface area contributed by atoms with Gasteiger partial charge in [0.2, 0.25) is 0 Å². The smallest absolute Gasteiger partial charge is 0.271 e. The molecule has 3 N–H and O–H groups in total. The minimum absolute atomic E-state index is 0.0329. The molecule has 1 rings (SSSR count). The summed E-state index contributed by atoms with van der Waals surface area (Å²) in [5, 5.41) is 16.0. The van der Waals surface area contributed by atoms with Crippen molar-refractivity contribution in [2.24, 2.45) is 5.73 Å². The maximum absolute atomic E-state index is 11.1. The fraction of sp³-hybridized carbons (Fsp3) is 0.667. The summed E-state index contributed by atoms with van der Waals surface area (Å²) < 4.78 is 11.6. The van der Waals surface area contributed by atoms with Crippen LogP contribution in [0.15, 0.2) is 0 Å². The second-order valence-corrected chi connectivity index (χ2v) is 3.24. The average molecular weight is 244 g/mol. The highest BCUT2D eigenvalue weighted by molar-refractivity contribution is 5.91. The Kier molecular flexibility index (Phi) is 5.53. The molecule has 8 nitrogen and oxygen atoms in total. The Hall–Kier alpha value is -1.51. The van der Waals surface area contributed by atoms with Crippen LogP contribution in [-0.2, 0) is 22.6 Å². The largest absolute Gasteiger partial charge is 0.394 e. The summed E-state index contributed by atoms with van der Waals surface area (Å²) in [5.41, 5.74) is 5.79. The highest BCUT2D eigenvalue weighted by Crippen LogP contribution is 2.06. The molecule has 0 saturated heterocycles. The van der Waals surface area contributed by atoms with Gasteiger partial charge in [0.15, 0.2) is 5.69 Å². The Bertz CT molecular complexity index is 366. The van der Waals surface area contributed by atoms with Crippen LogP contribution in [-0.4, -0.2) is 52.9 Å². The number of ether oxygens (including phenoxy) is 2. The second-order valence-electron chi connectivity index (χ2n) is 3.24. The number of aromatic nitrogens is 3. The van der Waals surface area contributed by atoms with Gasteiger partial charge in [-0.25, -0.2) is 4.68 Å². The molecule has 0 aliphatic carbocycles. The van der Waals surface area contributed by atoms with Crippen LogP contribution in [0.4, 0.5) is 0 Å². The fourth-order valence-electron chi connectivity index (χ4n) is 1.30. The van der Waals surface area contributed by atoms with E-state index in [1.165, 1.54) is 11.8 Å². The zero-order valence-electron chi connectivity index (χ0n) is 9.63. The highest BCUT2D eigenvalue weighted by Gasteiger charge is 2.16. The quantitative estimate of drug-likeness (QED) is 0.540. The van der Waals surface area contributed by atoms with Crippen molar-refractivity contribution in [3.63, 3.8) is 0 Å². The molecule has 0 saturated carbocycles. The molecule has 1 amide bonds. The van der Waals surface area contributed by atoms with Crippen molar-refractivity contribution < 1.29 is 19.4 Å². The van der Waals surface area contributed by atoms with Crippen LogP contribution < -0.4 is 5.73 Å². The average Bonchev–Trinajstić information content (AvgIpc) is 2.69. The molecule has 0 radical (unpaired) electrons. The molecule has 8 heteroatoms. The predicted molar refractivity (Wildman–Crippen MR) is 57.2 cm³/mol. The van der Waals surface area contributed by atoms with Crippen molar-refractivity contribution in [3.05, 3.63) is 11.4 Å². The van der Waals surface area contributed by atoms with E-state index in [9.17, 15) is 4.79 Å². The van der Waals surface area contributed by atoms with E-state index in [0.29, 0.717) is 18.8 Å². The van der Waals surface area contributed by atoms with Crippen LogP contribution in [0, 0.1) is 0 Å². The molecule has 0 unspecified atom stereocenters. The van der Waals surface area contributed by atoms with Crippen LogP contribution >= 0.6 is 0 Å². The molecule has 1 aromatic rings. The Balaban J connectivity index is 2.67. The van der Waals surface area contributed by atoms with E-state index in [0.717, 1.165) is 0 Å². The van der Waals surface area contributed by atoms with Crippen molar-refractivity contribution in [2.45, 2.75) is 13.2 Å². The molecule has 96 valence electrons. The van der Waals surface area contributed by atoms with Gasteiger partial charge in [0.05, 0.1) is 38.7 Å². The number of aliphatic hydroxyl groups is 1. The van der Waals surface area contributed by atoms with Crippen molar-refractivity contribution in [3.8, 4) is 0 Å². The molecule has 0 fully saturated rings. The molecule has 1 aromatic heterocycles. The van der Waals surface area contributed by atoms with Gasteiger partial charge < -0.3 is 20.3 Å². The number of hydrogen-bond donors (Lipinski definition) is 2. The van der Waals surface area contributed by atoms with Crippen molar-refractivity contribution >= 4 is 5.91 Å². The van der Waals surface area contributed by atoms with Crippen molar-refractivity contribution in [1.82, 2.24) is 15.0 Å². The summed E-state index contributed by atoms with van der Waals surface area (Å²) in [6.07, 6.45) is 0. The molecule has 0 bridgehead atoms. The summed E-state index contributed by atoms with van der Waals surface area (Å²) in [7, 11) is 1.50.